The Morgan fingerprint density at radius 2 is 1.64 bits per heavy atom. The van der Waals surface area contributed by atoms with Gasteiger partial charge < -0.3 is 4.98 Å². The van der Waals surface area contributed by atoms with E-state index in [9.17, 15) is 0 Å². The van der Waals surface area contributed by atoms with Gasteiger partial charge in [0, 0.05) is 32.4 Å². The smallest absolute Gasteiger partial charge is 0.0776 e. The van der Waals surface area contributed by atoms with Gasteiger partial charge in [-0.25, -0.2) is 0 Å². The summed E-state index contributed by atoms with van der Waals surface area (Å²) in [6.45, 7) is 13.2. The molecule has 0 bridgehead atoms. The molecular formula is C38H42GeIrN2SSi-2. The van der Waals surface area contributed by atoms with Crippen molar-refractivity contribution >= 4 is 62.4 Å². The van der Waals surface area contributed by atoms with Gasteiger partial charge in [0.25, 0.3) is 0 Å². The number of hydrogen-bond acceptors (Lipinski definition) is 3. The van der Waals surface area contributed by atoms with Crippen molar-refractivity contribution in [3.05, 3.63) is 108 Å². The summed E-state index contributed by atoms with van der Waals surface area (Å²) in [6, 6.07) is 31.9. The predicted octanol–water partition coefficient (Wildman–Crippen LogP) is 9.99. The van der Waals surface area contributed by atoms with E-state index in [1.165, 1.54) is 35.3 Å². The molecule has 0 N–H and O–H groups in total. The molecule has 3 aromatic carbocycles. The summed E-state index contributed by atoms with van der Waals surface area (Å²) in [6.07, 6.45) is 3.88. The summed E-state index contributed by atoms with van der Waals surface area (Å²) >= 11 is 0.0405. The molecule has 0 fully saturated rings. The molecule has 229 valence electrons. The third kappa shape index (κ3) is 7.68. The monoisotopic (exact) mass is 854 g/mol. The normalized spacial score (nSPS) is 12.3. The van der Waals surface area contributed by atoms with Gasteiger partial charge in [0.05, 0.1) is 8.07 Å². The van der Waals surface area contributed by atoms with E-state index in [0.717, 1.165) is 28.1 Å². The maximum absolute atomic E-state index is 8.33. The first-order valence-corrected chi connectivity index (χ1v) is 26.6. The van der Waals surface area contributed by atoms with Gasteiger partial charge in [-0.1, -0.05) is 67.8 Å². The number of aryl methyl sites for hydroxylation is 1. The van der Waals surface area contributed by atoms with Crippen LogP contribution >= 0.6 is 11.3 Å². The quantitative estimate of drug-likeness (QED) is 0.128. The summed E-state index contributed by atoms with van der Waals surface area (Å²) in [4.78, 5) is 9.19. The zero-order valence-corrected chi connectivity index (χ0v) is 33.5. The van der Waals surface area contributed by atoms with Gasteiger partial charge >= 0.3 is 106 Å². The van der Waals surface area contributed by atoms with Crippen molar-refractivity contribution in [2.45, 2.75) is 63.6 Å². The van der Waals surface area contributed by atoms with Gasteiger partial charge in [-0.2, -0.15) is 11.3 Å². The van der Waals surface area contributed by atoms with Crippen LogP contribution in [0.1, 0.15) is 32.2 Å². The van der Waals surface area contributed by atoms with E-state index < -0.39 is 27.2 Å². The third-order valence-electron chi connectivity index (χ3n) is 7.79. The molecule has 3 aromatic heterocycles. The first kappa shape index (κ1) is 33.0. The molecule has 0 spiro atoms. The van der Waals surface area contributed by atoms with Crippen LogP contribution in [0.4, 0.5) is 0 Å². The van der Waals surface area contributed by atoms with Crippen LogP contribution in [-0.2, 0) is 20.1 Å². The van der Waals surface area contributed by atoms with Gasteiger partial charge in [0.1, 0.15) is 0 Å². The molecule has 0 atom stereocenters. The maximum atomic E-state index is 8.33. The molecule has 44 heavy (non-hydrogen) atoms. The van der Waals surface area contributed by atoms with Crippen LogP contribution in [0, 0.1) is 19.1 Å². The first-order chi connectivity index (χ1) is 20.6. The Labute approximate surface area is 286 Å². The van der Waals surface area contributed by atoms with Crippen molar-refractivity contribution in [2.24, 2.45) is 0 Å². The molecule has 0 aliphatic carbocycles. The Bertz CT molecular complexity index is 1940. The second-order valence-electron chi connectivity index (χ2n) is 13.5. The molecule has 0 aliphatic heterocycles. The summed E-state index contributed by atoms with van der Waals surface area (Å²) < 4.78 is 12.4. The van der Waals surface area contributed by atoms with Crippen LogP contribution < -0.4 is 9.58 Å². The number of hydrogen-bond donors (Lipinski definition) is 0. The molecule has 0 amide bonds. The first-order valence-electron chi connectivity index (χ1n) is 15.4. The average Bonchev–Trinajstić information content (AvgIpc) is 3.35. The number of nitrogens with zero attached hydrogens (tertiary/aromatic N) is 2. The fourth-order valence-corrected chi connectivity index (χ4v) is 11.2. The van der Waals surface area contributed by atoms with Gasteiger partial charge in [-0.05, 0) is 33.8 Å². The van der Waals surface area contributed by atoms with Crippen LogP contribution in [0.5, 0.6) is 0 Å². The molecule has 1 radical (unpaired) electrons. The van der Waals surface area contributed by atoms with E-state index >= 15 is 0 Å². The fourth-order valence-electron chi connectivity index (χ4n) is 5.32. The maximum Gasteiger partial charge on any atom is 0.0776 e. The third-order valence-corrected chi connectivity index (χ3v) is 15.5. The molecule has 3 heterocycles. The van der Waals surface area contributed by atoms with E-state index in [4.69, 9.17) is 1.37 Å². The predicted molar refractivity (Wildman–Crippen MR) is 195 cm³/mol. The molecule has 6 rings (SSSR count). The summed E-state index contributed by atoms with van der Waals surface area (Å²) in [5, 5.41) is 4.10. The van der Waals surface area contributed by atoms with Crippen molar-refractivity contribution in [1.82, 2.24) is 9.97 Å². The van der Waals surface area contributed by atoms with E-state index in [1.54, 1.807) is 0 Å². The van der Waals surface area contributed by atoms with E-state index in [1.807, 2.05) is 67.8 Å². The van der Waals surface area contributed by atoms with Crippen molar-refractivity contribution < 1.29 is 21.5 Å². The molecule has 0 saturated heterocycles. The Morgan fingerprint density at radius 1 is 0.864 bits per heavy atom. The van der Waals surface area contributed by atoms with E-state index in [-0.39, 0.29) is 20.1 Å². The van der Waals surface area contributed by atoms with Crippen molar-refractivity contribution in [3.63, 3.8) is 0 Å². The van der Waals surface area contributed by atoms with Crippen molar-refractivity contribution in [2.75, 3.05) is 0 Å². The molecule has 0 unspecified atom stereocenters. The fraction of sp³-hybridized carbons (Fsp3) is 0.263. The van der Waals surface area contributed by atoms with Gasteiger partial charge in [-0.15, -0.1) is 23.8 Å². The number of fused-ring (bicyclic) bond motifs is 3. The van der Waals surface area contributed by atoms with Crippen LogP contribution in [0.15, 0.2) is 85.2 Å². The van der Waals surface area contributed by atoms with Crippen LogP contribution in [0.3, 0.4) is 0 Å². The number of aromatic nitrogens is 2. The Morgan fingerprint density at radius 3 is 2.27 bits per heavy atom. The minimum absolute atomic E-state index is 0. The number of benzene rings is 3. The van der Waals surface area contributed by atoms with Gasteiger partial charge in [0.15, 0.2) is 0 Å². The summed E-state index contributed by atoms with van der Waals surface area (Å²) in [5.74, 6) is 6.56. The van der Waals surface area contributed by atoms with Crippen molar-refractivity contribution in [3.8, 4) is 22.5 Å². The van der Waals surface area contributed by atoms with E-state index in [2.05, 4.69) is 109 Å². The summed E-state index contributed by atoms with van der Waals surface area (Å²) in [5.41, 5.74) is 6.38. The molecule has 2 nitrogen and oxygen atoms in total. The number of pyridine rings is 2. The van der Waals surface area contributed by atoms with Crippen LogP contribution in [0.2, 0.25) is 36.9 Å². The van der Waals surface area contributed by atoms with Crippen LogP contribution in [0.25, 0.3) is 42.7 Å². The minimum Gasteiger partial charge on any atom is -0.305 e. The molecule has 0 aliphatic rings. The second kappa shape index (κ2) is 13.9. The molecule has 0 saturated carbocycles. The Balaban J connectivity index is 0.000000222. The second-order valence-corrected chi connectivity index (χ2v) is 30.2. The standard InChI is InChI=1S/C23H24NSSi.C15H18GeN.Ir/c1-15(2)16-11-12-24-21(13-16)19-8-6-7-18-20-14-17(26(3,4)5)9-10-22(20)25-23(18)19;1-12-10-15(13-8-6-5-7-9-13)17-11-14(12)16(2,3)4;/h6-7,9-15H,1-5H3;5-8,10-11H,1-4H3;/q2*-1;/i15D;;. The topological polar surface area (TPSA) is 25.8 Å². The molecular weight excluding hydrogens is 809 g/mol. The molecule has 6 aromatic rings. The zero-order valence-electron chi connectivity index (χ0n) is 28.2. The zero-order chi connectivity index (χ0) is 31.9. The SMILES string of the molecule is Cc1cc(-c2[c-]cccc2)nc[c]1[Ge]([CH3])([CH3])[CH3].[2H]C(C)(C)c1ccnc(-c2[c-]ccc3c2sc2ccc([Si](C)(C)C)cc23)c1.[Ir]. The summed E-state index contributed by atoms with van der Waals surface area (Å²) in [7, 11) is -1.35. The van der Waals surface area contributed by atoms with Gasteiger partial charge in [0.2, 0.25) is 0 Å². The Hall–Kier alpha value is -2.41. The van der Waals surface area contributed by atoms with Gasteiger partial charge in [-0.3, -0.25) is 0 Å². The van der Waals surface area contributed by atoms with Crippen molar-refractivity contribution in [1.29, 1.82) is 0 Å². The average molecular weight is 853 g/mol. The largest absolute Gasteiger partial charge is 0.305 e. The number of rotatable bonds is 5. The minimum atomic E-state index is -1.77. The Kier molecular flexibility index (Phi) is 10.4. The van der Waals surface area contributed by atoms with E-state index in [0.29, 0.717) is 0 Å². The van der Waals surface area contributed by atoms with Crippen LogP contribution in [-0.4, -0.2) is 31.3 Å². The number of thiophene rings is 1. The molecule has 6 heteroatoms.